The highest BCUT2D eigenvalue weighted by molar-refractivity contribution is 6.35. The number of nitrogens with zero attached hydrogens (tertiary/aromatic N) is 2. The minimum Gasteiger partial charge on any atom is -0.420 e. The van der Waals surface area contributed by atoms with Crippen molar-refractivity contribution in [2.75, 3.05) is 5.32 Å². The lowest BCUT2D eigenvalue weighted by atomic mass is 10.1. The summed E-state index contributed by atoms with van der Waals surface area (Å²) in [4.78, 5) is 32.0. The van der Waals surface area contributed by atoms with E-state index in [9.17, 15) is 9.59 Å². The molecule has 0 saturated carbocycles. The quantitative estimate of drug-likeness (QED) is 0.301. The molecule has 0 bridgehead atoms. The molecule has 0 aliphatic carbocycles. The van der Waals surface area contributed by atoms with Gasteiger partial charge in [-0.25, -0.2) is 9.97 Å². The van der Waals surface area contributed by atoms with Gasteiger partial charge >= 0.3 is 5.97 Å². The Labute approximate surface area is 194 Å². The molecule has 0 fully saturated rings. The zero-order chi connectivity index (χ0) is 22.7. The summed E-state index contributed by atoms with van der Waals surface area (Å²) >= 11 is 12.1. The van der Waals surface area contributed by atoms with Crippen molar-refractivity contribution in [3.05, 3.63) is 94.0 Å². The molecular formula is C24H17Cl2N3O3. The summed E-state index contributed by atoms with van der Waals surface area (Å²) in [6.07, 6.45) is 0.360. The third kappa shape index (κ3) is 5.04. The first kappa shape index (κ1) is 21.7. The molecule has 0 aliphatic heterocycles. The van der Waals surface area contributed by atoms with Gasteiger partial charge in [0.15, 0.2) is 10.3 Å². The summed E-state index contributed by atoms with van der Waals surface area (Å²) in [5, 5.41) is 4.92. The van der Waals surface area contributed by atoms with E-state index in [2.05, 4.69) is 15.3 Å². The second kappa shape index (κ2) is 9.34. The zero-order valence-electron chi connectivity index (χ0n) is 16.9. The maximum atomic E-state index is 12.6. The molecule has 4 rings (SSSR count). The van der Waals surface area contributed by atoms with Crippen molar-refractivity contribution in [2.45, 2.75) is 13.3 Å². The topological polar surface area (TPSA) is 81.2 Å². The highest BCUT2D eigenvalue weighted by Gasteiger charge is 2.15. The van der Waals surface area contributed by atoms with E-state index in [0.29, 0.717) is 23.5 Å². The number of amides is 1. The van der Waals surface area contributed by atoms with Crippen LogP contribution in [0.25, 0.3) is 10.8 Å². The number of ether oxygens (including phenoxy) is 1. The summed E-state index contributed by atoms with van der Waals surface area (Å²) in [6, 6.07) is 20.8. The smallest absolute Gasteiger partial charge is 0.308 e. The molecule has 0 aliphatic rings. The summed E-state index contributed by atoms with van der Waals surface area (Å²) < 4.78 is 4.93. The Balaban J connectivity index is 1.45. The van der Waals surface area contributed by atoms with Crippen LogP contribution in [-0.4, -0.2) is 21.8 Å². The predicted octanol–water partition coefficient (Wildman–Crippen LogP) is 5.71. The Hall–Kier alpha value is -3.48. The van der Waals surface area contributed by atoms with Crippen LogP contribution >= 0.6 is 23.2 Å². The van der Waals surface area contributed by atoms with Gasteiger partial charge in [-0.3, -0.25) is 9.59 Å². The summed E-state index contributed by atoms with van der Waals surface area (Å²) in [7, 11) is 0. The highest BCUT2D eigenvalue weighted by Crippen LogP contribution is 2.30. The van der Waals surface area contributed by atoms with E-state index in [4.69, 9.17) is 27.9 Å². The predicted molar refractivity (Wildman–Crippen MR) is 125 cm³/mol. The molecule has 0 saturated heterocycles. The van der Waals surface area contributed by atoms with Gasteiger partial charge < -0.3 is 10.1 Å². The zero-order valence-corrected chi connectivity index (χ0v) is 18.4. The lowest BCUT2D eigenvalue weighted by Crippen LogP contribution is -2.11. The van der Waals surface area contributed by atoms with Gasteiger partial charge in [0.05, 0.1) is 0 Å². The van der Waals surface area contributed by atoms with Gasteiger partial charge in [0.1, 0.15) is 5.82 Å². The molecule has 160 valence electrons. The van der Waals surface area contributed by atoms with Gasteiger partial charge in [-0.05, 0) is 40.6 Å². The van der Waals surface area contributed by atoms with Crippen molar-refractivity contribution in [1.82, 2.24) is 9.97 Å². The Bertz CT molecular complexity index is 1300. The Kier molecular flexibility index (Phi) is 6.35. The second-order valence-electron chi connectivity index (χ2n) is 7.03. The minimum atomic E-state index is -0.563. The van der Waals surface area contributed by atoms with E-state index >= 15 is 0 Å². The fourth-order valence-corrected chi connectivity index (χ4v) is 3.67. The molecule has 32 heavy (non-hydrogen) atoms. The van der Waals surface area contributed by atoms with Crippen molar-refractivity contribution in [3.63, 3.8) is 0 Å². The highest BCUT2D eigenvalue weighted by atomic mass is 35.5. The van der Waals surface area contributed by atoms with E-state index in [1.807, 2.05) is 48.5 Å². The first-order valence-corrected chi connectivity index (χ1v) is 10.4. The molecule has 6 nitrogen and oxygen atoms in total. The number of halogens is 2. The monoisotopic (exact) mass is 465 g/mol. The van der Waals surface area contributed by atoms with Crippen LogP contribution in [0.5, 0.6) is 5.75 Å². The Morgan fingerprint density at radius 2 is 1.56 bits per heavy atom. The van der Waals surface area contributed by atoms with Crippen LogP contribution in [0.1, 0.15) is 28.7 Å². The molecule has 3 aromatic carbocycles. The van der Waals surface area contributed by atoms with Gasteiger partial charge in [-0.2, -0.15) is 0 Å². The molecule has 4 aromatic rings. The number of benzene rings is 3. The molecule has 1 N–H and O–H groups in total. The number of hydrogen-bond donors (Lipinski definition) is 1. The lowest BCUT2D eigenvalue weighted by molar-refractivity contribution is -0.131. The SMILES string of the molecule is CC(=O)Oc1c(Cl)nc(Cc2ccc(NC(=O)c3ccc4ccccc4c3)cc2)nc1Cl. The molecule has 0 unspecified atom stereocenters. The molecule has 8 heteroatoms. The largest absolute Gasteiger partial charge is 0.420 e. The van der Waals surface area contributed by atoms with Crippen molar-refractivity contribution in [3.8, 4) is 5.75 Å². The van der Waals surface area contributed by atoms with E-state index in [-0.39, 0.29) is 22.0 Å². The first-order chi connectivity index (χ1) is 15.4. The Morgan fingerprint density at radius 3 is 2.22 bits per heavy atom. The van der Waals surface area contributed by atoms with Gasteiger partial charge in [0, 0.05) is 24.6 Å². The van der Waals surface area contributed by atoms with Gasteiger partial charge in [-0.1, -0.05) is 65.7 Å². The number of fused-ring (bicyclic) bond motifs is 1. The summed E-state index contributed by atoms with van der Waals surface area (Å²) in [5.41, 5.74) is 2.13. The molecule has 0 spiro atoms. The van der Waals surface area contributed by atoms with E-state index < -0.39 is 5.97 Å². The molecule has 1 heterocycles. The normalized spacial score (nSPS) is 10.7. The van der Waals surface area contributed by atoms with Crippen LogP contribution < -0.4 is 10.1 Å². The van der Waals surface area contributed by atoms with Crippen LogP contribution in [0.2, 0.25) is 10.3 Å². The third-order valence-corrected chi connectivity index (χ3v) is 5.17. The van der Waals surface area contributed by atoms with Gasteiger partial charge in [-0.15, -0.1) is 0 Å². The summed E-state index contributed by atoms with van der Waals surface area (Å²) in [5.74, 6) is -0.432. The number of carbonyl (C=O) groups is 2. The number of rotatable bonds is 5. The van der Waals surface area contributed by atoms with E-state index in [0.717, 1.165) is 16.3 Å². The number of carbonyl (C=O) groups excluding carboxylic acids is 2. The molecule has 1 amide bonds. The second-order valence-corrected chi connectivity index (χ2v) is 7.75. The maximum absolute atomic E-state index is 12.6. The number of anilines is 1. The standard InChI is InChI=1S/C24H17Cl2N3O3/c1-14(30)32-21-22(25)28-20(29-23(21)26)12-15-6-10-19(11-7-15)27-24(31)18-9-8-16-4-2-3-5-17(16)13-18/h2-11,13H,12H2,1H3,(H,27,31). The average Bonchev–Trinajstić information content (AvgIpc) is 2.77. The molecular weight excluding hydrogens is 449 g/mol. The van der Waals surface area contributed by atoms with Crippen LogP contribution in [-0.2, 0) is 11.2 Å². The van der Waals surface area contributed by atoms with Crippen LogP contribution in [0.4, 0.5) is 5.69 Å². The van der Waals surface area contributed by atoms with Crippen LogP contribution in [0.3, 0.4) is 0 Å². The number of nitrogens with one attached hydrogen (secondary N) is 1. The van der Waals surface area contributed by atoms with E-state index in [1.165, 1.54) is 6.92 Å². The first-order valence-electron chi connectivity index (χ1n) is 9.68. The summed E-state index contributed by atoms with van der Waals surface area (Å²) in [6.45, 7) is 1.24. The van der Waals surface area contributed by atoms with Crippen LogP contribution in [0.15, 0.2) is 66.7 Å². The maximum Gasteiger partial charge on any atom is 0.308 e. The Morgan fingerprint density at radius 1 is 0.906 bits per heavy atom. The minimum absolute atomic E-state index is 0.0329. The molecule has 0 radical (unpaired) electrons. The number of esters is 1. The van der Waals surface area contributed by atoms with Crippen molar-refractivity contribution in [2.24, 2.45) is 0 Å². The fraction of sp³-hybridized carbons (Fsp3) is 0.0833. The van der Waals surface area contributed by atoms with Crippen molar-refractivity contribution < 1.29 is 14.3 Å². The third-order valence-electron chi connectivity index (χ3n) is 4.66. The average molecular weight is 466 g/mol. The van der Waals surface area contributed by atoms with Gasteiger partial charge in [0.2, 0.25) is 5.75 Å². The fourth-order valence-electron chi connectivity index (χ4n) is 3.17. The van der Waals surface area contributed by atoms with Crippen LogP contribution in [0, 0.1) is 0 Å². The van der Waals surface area contributed by atoms with Crippen molar-refractivity contribution >= 4 is 51.5 Å². The van der Waals surface area contributed by atoms with E-state index in [1.54, 1.807) is 18.2 Å². The van der Waals surface area contributed by atoms with Gasteiger partial charge in [0.25, 0.3) is 5.91 Å². The number of hydrogen-bond acceptors (Lipinski definition) is 5. The van der Waals surface area contributed by atoms with Crippen molar-refractivity contribution in [1.29, 1.82) is 0 Å². The number of aromatic nitrogens is 2. The molecule has 0 atom stereocenters. The molecule has 1 aromatic heterocycles. The lowest BCUT2D eigenvalue weighted by Gasteiger charge is -2.09.